The van der Waals surface area contributed by atoms with E-state index in [9.17, 15) is 8.78 Å². The first-order valence-electron chi connectivity index (χ1n) is 6.24. The first-order chi connectivity index (χ1) is 9.58. The number of benzene rings is 1. The lowest BCUT2D eigenvalue weighted by molar-refractivity contribution is -0.0506. The second kappa shape index (κ2) is 6.76. The molecule has 0 aliphatic heterocycles. The van der Waals surface area contributed by atoms with Crippen LogP contribution < -0.4 is 10.1 Å². The van der Waals surface area contributed by atoms with Crippen molar-refractivity contribution in [3.8, 4) is 5.75 Å². The average molecular weight is 298 g/mol. The molecule has 1 atom stereocenters. The Morgan fingerprint density at radius 3 is 2.75 bits per heavy atom. The zero-order valence-electron chi connectivity index (χ0n) is 11.3. The van der Waals surface area contributed by atoms with E-state index in [1.54, 1.807) is 35.0 Å². The maximum atomic E-state index is 12.4. The van der Waals surface area contributed by atoms with Gasteiger partial charge < -0.3 is 10.1 Å². The maximum Gasteiger partial charge on any atom is 0.387 e. The number of thiazole rings is 1. The van der Waals surface area contributed by atoms with Gasteiger partial charge in [-0.15, -0.1) is 11.3 Å². The quantitative estimate of drug-likeness (QED) is 0.878. The lowest BCUT2D eigenvalue weighted by Crippen LogP contribution is -2.19. The van der Waals surface area contributed by atoms with Crippen LogP contribution in [0.15, 0.2) is 29.8 Å². The van der Waals surface area contributed by atoms with Crippen molar-refractivity contribution in [1.82, 2.24) is 10.3 Å². The molecule has 0 bridgehead atoms. The molecule has 6 heteroatoms. The summed E-state index contributed by atoms with van der Waals surface area (Å²) in [6, 6.07) is 6.74. The van der Waals surface area contributed by atoms with E-state index in [0.717, 1.165) is 16.1 Å². The molecule has 0 radical (unpaired) electrons. The molecule has 0 saturated carbocycles. The molecule has 0 saturated heterocycles. The number of aryl methyl sites for hydroxylation is 1. The van der Waals surface area contributed by atoms with Crippen molar-refractivity contribution in [3.63, 3.8) is 0 Å². The predicted octanol–water partition coefficient (Wildman–Crippen LogP) is 3.90. The van der Waals surface area contributed by atoms with Crippen molar-refractivity contribution in [2.24, 2.45) is 0 Å². The summed E-state index contributed by atoms with van der Waals surface area (Å²) in [5.41, 5.74) is 3.51. The molecular weight excluding hydrogens is 282 g/mol. The molecule has 20 heavy (non-hydrogen) atoms. The molecule has 2 rings (SSSR count). The highest BCUT2D eigenvalue weighted by Gasteiger charge is 2.14. The monoisotopic (exact) mass is 298 g/mol. The van der Waals surface area contributed by atoms with Crippen molar-refractivity contribution in [2.75, 3.05) is 0 Å². The number of hydrogen-bond acceptors (Lipinski definition) is 4. The SMILES string of the molecule is Cc1ncsc1CNC(C)c1ccccc1OC(F)F. The number of aromatic nitrogens is 1. The zero-order chi connectivity index (χ0) is 14.5. The predicted molar refractivity (Wildman–Crippen MR) is 75.2 cm³/mol. The van der Waals surface area contributed by atoms with Gasteiger partial charge in [-0.1, -0.05) is 18.2 Å². The Morgan fingerprint density at radius 1 is 1.35 bits per heavy atom. The van der Waals surface area contributed by atoms with Gasteiger partial charge in [0.25, 0.3) is 0 Å². The van der Waals surface area contributed by atoms with Crippen LogP contribution in [-0.4, -0.2) is 11.6 Å². The van der Waals surface area contributed by atoms with E-state index in [0.29, 0.717) is 6.54 Å². The Bertz CT molecular complexity index is 560. The molecule has 1 heterocycles. The van der Waals surface area contributed by atoms with Crippen molar-refractivity contribution < 1.29 is 13.5 Å². The van der Waals surface area contributed by atoms with E-state index >= 15 is 0 Å². The molecule has 1 aromatic carbocycles. The summed E-state index contributed by atoms with van der Waals surface area (Å²) in [4.78, 5) is 5.32. The van der Waals surface area contributed by atoms with Crippen LogP contribution in [0.3, 0.4) is 0 Å². The van der Waals surface area contributed by atoms with Crippen LogP contribution in [0.1, 0.15) is 29.1 Å². The van der Waals surface area contributed by atoms with Gasteiger partial charge in [0.1, 0.15) is 5.75 Å². The Labute approximate surface area is 120 Å². The van der Waals surface area contributed by atoms with Gasteiger partial charge in [0, 0.05) is 23.0 Å². The Morgan fingerprint density at radius 2 is 2.10 bits per heavy atom. The zero-order valence-corrected chi connectivity index (χ0v) is 12.1. The van der Waals surface area contributed by atoms with E-state index in [1.807, 2.05) is 19.9 Å². The lowest BCUT2D eigenvalue weighted by atomic mass is 10.1. The van der Waals surface area contributed by atoms with Gasteiger partial charge in [0.2, 0.25) is 0 Å². The van der Waals surface area contributed by atoms with Gasteiger partial charge in [-0.25, -0.2) is 4.98 Å². The van der Waals surface area contributed by atoms with E-state index < -0.39 is 6.61 Å². The fourth-order valence-corrected chi connectivity index (χ4v) is 2.62. The normalized spacial score (nSPS) is 12.7. The van der Waals surface area contributed by atoms with Crippen molar-refractivity contribution in [2.45, 2.75) is 33.0 Å². The highest BCUT2D eigenvalue weighted by atomic mass is 32.1. The summed E-state index contributed by atoms with van der Waals surface area (Å²) in [6.45, 7) is 1.71. The second-order valence-corrected chi connectivity index (χ2v) is 5.32. The smallest absolute Gasteiger partial charge is 0.387 e. The molecule has 1 unspecified atom stereocenters. The Kier molecular flexibility index (Phi) is 5.03. The fraction of sp³-hybridized carbons (Fsp3) is 0.357. The molecule has 0 spiro atoms. The molecule has 3 nitrogen and oxygen atoms in total. The number of para-hydroxylation sites is 1. The number of nitrogens with zero attached hydrogens (tertiary/aromatic N) is 1. The van der Waals surface area contributed by atoms with Crippen LogP contribution in [0.5, 0.6) is 5.75 Å². The molecule has 0 aliphatic rings. The maximum absolute atomic E-state index is 12.4. The highest BCUT2D eigenvalue weighted by Crippen LogP contribution is 2.26. The summed E-state index contributed by atoms with van der Waals surface area (Å²) in [6.07, 6.45) is 0. The van der Waals surface area contributed by atoms with Gasteiger partial charge in [0.05, 0.1) is 11.2 Å². The van der Waals surface area contributed by atoms with E-state index in [4.69, 9.17) is 0 Å². The van der Waals surface area contributed by atoms with Crippen LogP contribution in [0.2, 0.25) is 0 Å². The van der Waals surface area contributed by atoms with Gasteiger partial charge in [-0.3, -0.25) is 0 Å². The van der Waals surface area contributed by atoms with Crippen molar-refractivity contribution >= 4 is 11.3 Å². The molecule has 0 amide bonds. The molecule has 2 aromatic rings. The topological polar surface area (TPSA) is 34.2 Å². The summed E-state index contributed by atoms with van der Waals surface area (Å²) < 4.78 is 29.3. The third kappa shape index (κ3) is 3.74. The minimum absolute atomic E-state index is 0.0912. The van der Waals surface area contributed by atoms with Crippen LogP contribution in [0.25, 0.3) is 0 Å². The first kappa shape index (κ1) is 14.9. The number of halogens is 2. The van der Waals surface area contributed by atoms with Crippen LogP contribution in [0.4, 0.5) is 8.78 Å². The van der Waals surface area contributed by atoms with E-state index in [1.165, 1.54) is 0 Å². The third-order valence-corrected chi connectivity index (χ3v) is 3.95. The van der Waals surface area contributed by atoms with Crippen LogP contribution >= 0.6 is 11.3 Å². The number of ether oxygens (including phenoxy) is 1. The van der Waals surface area contributed by atoms with Gasteiger partial charge >= 0.3 is 6.61 Å². The minimum Gasteiger partial charge on any atom is -0.434 e. The second-order valence-electron chi connectivity index (χ2n) is 4.38. The number of rotatable bonds is 6. The molecule has 0 aliphatic carbocycles. The fourth-order valence-electron chi connectivity index (χ4n) is 1.89. The molecule has 1 N–H and O–H groups in total. The van der Waals surface area contributed by atoms with Crippen molar-refractivity contribution in [3.05, 3.63) is 45.9 Å². The average Bonchev–Trinajstić information content (AvgIpc) is 2.81. The van der Waals surface area contributed by atoms with E-state index in [-0.39, 0.29) is 11.8 Å². The standard InChI is InChI=1S/C14H16F2N2OS/c1-9(17-7-13-10(2)18-8-20-13)11-5-3-4-6-12(11)19-14(15)16/h3-6,8-9,14,17H,7H2,1-2H3. The van der Waals surface area contributed by atoms with E-state index in [2.05, 4.69) is 15.0 Å². The molecule has 1 aromatic heterocycles. The molecule has 0 fully saturated rings. The summed E-state index contributed by atoms with van der Waals surface area (Å²) >= 11 is 1.58. The Hall–Kier alpha value is -1.53. The lowest BCUT2D eigenvalue weighted by Gasteiger charge is -2.17. The van der Waals surface area contributed by atoms with Gasteiger partial charge in [-0.2, -0.15) is 8.78 Å². The highest BCUT2D eigenvalue weighted by molar-refractivity contribution is 7.09. The minimum atomic E-state index is -2.81. The van der Waals surface area contributed by atoms with Gasteiger partial charge in [0.15, 0.2) is 0 Å². The molecular formula is C14H16F2N2OS. The summed E-state index contributed by atoms with van der Waals surface area (Å²) in [7, 11) is 0. The number of hydrogen-bond donors (Lipinski definition) is 1. The first-order valence-corrected chi connectivity index (χ1v) is 7.12. The molecule has 108 valence electrons. The number of nitrogens with one attached hydrogen (secondary N) is 1. The number of alkyl halides is 2. The van der Waals surface area contributed by atoms with Crippen molar-refractivity contribution in [1.29, 1.82) is 0 Å². The third-order valence-electron chi connectivity index (χ3n) is 3.02. The van der Waals surface area contributed by atoms with Crippen LogP contribution in [0, 0.1) is 6.92 Å². The van der Waals surface area contributed by atoms with Gasteiger partial charge in [-0.05, 0) is 19.9 Å². The Balaban J connectivity index is 2.05. The van der Waals surface area contributed by atoms with Crippen LogP contribution in [-0.2, 0) is 6.54 Å². The summed E-state index contributed by atoms with van der Waals surface area (Å²) in [5, 5.41) is 3.30. The summed E-state index contributed by atoms with van der Waals surface area (Å²) in [5.74, 6) is 0.212. The largest absolute Gasteiger partial charge is 0.434 e.